The molecule has 1 atom stereocenters. The summed E-state index contributed by atoms with van der Waals surface area (Å²) >= 11 is 0. The minimum absolute atomic E-state index is 0.224. The first-order valence-corrected chi connectivity index (χ1v) is 6.83. The average Bonchev–Trinajstić information content (AvgIpc) is 2.81. The van der Waals surface area contributed by atoms with Crippen molar-refractivity contribution >= 4 is 0 Å². The summed E-state index contributed by atoms with van der Waals surface area (Å²) in [4.78, 5) is 8.96. The van der Waals surface area contributed by atoms with E-state index in [1.54, 1.807) is 0 Å². The van der Waals surface area contributed by atoms with Gasteiger partial charge < -0.3 is 9.88 Å². The van der Waals surface area contributed by atoms with Gasteiger partial charge in [0.1, 0.15) is 5.82 Å². The van der Waals surface area contributed by atoms with Crippen LogP contribution in [0.25, 0.3) is 0 Å². The topological polar surface area (TPSA) is 42.7 Å². The van der Waals surface area contributed by atoms with Crippen LogP contribution in [0, 0.1) is 6.92 Å². The second-order valence-electron chi connectivity index (χ2n) is 4.87. The Labute approximate surface area is 114 Å². The Kier molecular flexibility index (Phi) is 4.68. The highest BCUT2D eigenvalue weighted by Gasteiger charge is 2.16. The number of nitrogens with one attached hydrogen (secondary N) is 1. The van der Waals surface area contributed by atoms with E-state index >= 15 is 0 Å². The molecule has 0 aromatic carbocycles. The zero-order valence-corrected chi connectivity index (χ0v) is 11.9. The van der Waals surface area contributed by atoms with Gasteiger partial charge in [0.05, 0.1) is 11.7 Å². The van der Waals surface area contributed by atoms with Crippen molar-refractivity contribution < 1.29 is 0 Å². The summed E-state index contributed by atoms with van der Waals surface area (Å²) in [6, 6.07) is 4.32. The fourth-order valence-electron chi connectivity index (χ4n) is 2.22. The smallest absolute Gasteiger partial charge is 0.110 e. The number of pyridine rings is 1. The predicted molar refractivity (Wildman–Crippen MR) is 76.9 cm³/mol. The molecule has 102 valence electrons. The zero-order chi connectivity index (χ0) is 13.7. The molecule has 0 aliphatic carbocycles. The van der Waals surface area contributed by atoms with Crippen molar-refractivity contribution in [3.63, 3.8) is 0 Å². The summed E-state index contributed by atoms with van der Waals surface area (Å²) in [5, 5.41) is 3.58. The van der Waals surface area contributed by atoms with Gasteiger partial charge in [-0.15, -0.1) is 0 Å². The zero-order valence-electron chi connectivity index (χ0n) is 11.9. The molecule has 0 radical (unpaired) electrons. The molecule has 0 aliphatic rings. The van der Waals surface area contributed by atoms with E-state index < -0.39 is 0 Å². The summed E-state index contributed by atoms with van der Waals surface area (Å²) in [6.07, 6.45) is 7.67. The molecule has 4 nitrogen and oxygen atoms in total. The Hall–Kier alpha value is -1.68. The largest absolute Gasteiger partial charge is 0.338 e. The van der Waals surface area contributed by atoms with Crippen molar-refractivity contribution in [2.75, 3.05) is 6.54 Å². The molecule has 2 heterocycles. The van der Waals surface area contributed by atoms with Crippen LogP contribution in [-0.4, -0.2) is 21.1 Å². The first-order valence-electron chi connectivity index (χ1n) is 6.83. The highest BCUT2D eigenvalue weighted by atomic mass is 15.0. The number of hydrogen-bond donors (Lipinski definition) is 1. The van der Waals surface area contributed by atoms with E-state index in [9.17, 15) is 0 Å². The van der Waals surface area contributed by atoms with Crippen LogP contribution in [0.4, 0.5) is 0 Å². The minimum atomic E-state index is 0.224. The van der Waals surface area contributed by atoms with E-state index in [1.165, 1.54) is 5.56 Å². The molecule has 0 aliphatic heterocycles. The van der Waals surface area contributed by atoms with Crippen molar-refractivity contribution in [2.45, 2.75) is 32.7 Å². The molecule has 4 heteroatoms. The van der Waals surface area contributed by atoms with Crippen LogP contribution in [0.15, 0.2) is 30.7 Å². The summed E-state index contributed by atoms with van der Waals surface area (Å²) in [5.74, 6) is 1.08. The van der Waals surface area contributed by atoms with Crippen LogP contribution in [0.2, 0.25) is 0 Å². The molecule has 0 saturated carbocycles. The molecule has 0 bridgehead atoms. The van der Waals surface area contributed by atoms with E-state index in [2.05, 4.69) is 39.8 Å². The van der Waals surface area contributed by atoms with Gasteiger partial charge in [-0.3, -0.25) is 4.98 Å². The van der Waals surface area contributed by atoms with E-state index in [-0.39, 0.29) is 6.04 Å². The van der Waals surface area contributed by atoms with Gasteiger partial charge in [0.2, 0.25) is 0 Å². The van der Waals surface area contributed by atoms with Crippen molar-refractivity contribution in [1.29, 1.82) is 0 Å². The van der Waals surface area contributed by atoms with Crippen LogP contribution < -0.4 is 5.32 Å². The summed E-state index contributed by atoms with van der Waals surface area (Å²) in [6.45, 7) is 5.28. The summed E-state index contributed by atoms with van der Waals surface area (Å²) in [7, 11) is 2.03. The number of rotatable bonds is 6. The number of hydrogen-bond acceptors (Lipinski definition) is 3. The van der Waals surface area contributed by atoms with Gasteiger partial charge in [0.15, 0.2) is 0 Å². The van der Waals surface area contributed by atoms with Crippen molar-refractivity contribution in [3.8, 4) is 0 Å². The first-order chi connectivity index (χ1) is 9.22. The van der Waals surface area contributed by atoms with Gasteiger partial charge in [0, 0.05) is 32.1 Å². The molecular formula is C15H22N4. The Morgan fingerprint density at radius 1 is 1.32 bits per heavy atom. The molecular weight excluding hydrogens is 236 g/mol. The molecule has 0 amide bonds. The lowest BCUT2D eigenvalue weighted by Gasteiger charge is -2.19. The van der Waals surface area contributed by atoms with Crippen LogP contribution in [0.1, 0.15) is 36.5 Å². The van der Waals surface area contributed by atoms with Gasteiger partial charge in [-0.2, -0.15) is 0 Å². The molecule has 2 aromatic heterocycles. The molecule has 2 rings (SSSR count). The molecule has 0 saturated heterocycles. The second-order valence-corrected chi connectivity index (χ2v) is 4.87. The van der Waals surface area contributed by atoms with E-state index in [4.69, 9.17) is 0 Å². The van der Waals surface area contributed by atoms with Gasteiger partial charge in [-0.05, 0) is 31.5 Å². The molecule has 2 aromatic rings. The Morgan fingerprint density at radius 2 is 2.16 bits per heavy atom. The predicted octanol–water partition coefficient (Wildman–Crippen LogP) is 2.41. The lowest BCUT2D eigenvalue weighted by atomic mass is 10.0. The summed E-state index contributed by atoms with van der Waals surface area (Å²) in [5.41, 5.74) is 2.35. The second kappa shape index (κ2) is 6.48. The minimum Gasteiger partial charge on any atom is -0.338 e. The number of aryl methyl sites for hydroxylation is 2. The summed E-state index contributed by atoms with van der Waals surface area (Å²) < 4.78 is 2.07. The third kappa shape index (κ3) is 3.41. The van der Waals surface area contributed by atoms with E-state index in [1.807, 2.05) is 31.7 Å². The number of imidazole rings is 1. The van der Waals surface area contributed by atoms with Crippen LogP contribution in [0.3, 0.4) is 0 Å². The fraction of sp³-hybridized carbons (Fsp3) is 0.467. The van der Waals surface area contributed by atoms with Gasteiger partial charge in [0.25, 0.3) is 0 Å². The van der Waals surface area contributed by atoms with Crippen LogP contribution in [0.5, 0.6) is 0 Å². The first kappa shape index (κ1) is 13.7. The standard InChI is InChI=1S/C15H22N4/c1-4-7-16-13(11-14-17-9-10-19(14)3)15-12(2)6-5-8-18-15/h5-6,8-10,13,16H,4,7,11H2,1-3H3. The maximum absolute atomic E-state index is 4.54. The van der Waals surface area contributed by atoms with Crippen molar-refractivity contribution in [1.82, 2.24) is 19.9 Å². The van der Waals surface area contributed by atoms with E-state index in [0.29, 0.717) is 0 Å². The maximum Gasteiger partial charge on any atom is 0.110 e. The number of nitrogens with zero attached hydrogens (tertiary/aromatic N) is 3. The lowest BCUT2D eigenvalue weighted by molar-refractivity contribution is 0.499. The van der Waals surface area contributed by atoms with Crippen LogP contribution in [-0.2, 0) is 13.5 Å². The Morgan fingerprint density at radius 3 is 2.79 bits per heavy atom. The van der Waals surface area contributed by atoms with Gasteiger partial charge in [-0.25, -0.2) is 4.98 Å². The third-order valence-corrected chi connectivity index (χ3v) is 3.33. The monoisotopic (exact) mass is 258 g/mol. The normalized spacial score (nSPS) is 12.6. The number of aromatic nitrogens is 3. The van der Waals surface area contributed by atoms with Crippen molar-refractivity contribution in [3.05, 3.63) is 47.8 Å². The Bertz CT molecular complexity index is 518. The highest BCUT2D eigenvalue weighted by molar-refractivity contribution is 5.22. The lowest BCUT2D eigenvalue weighted by Crippen LogP contribution is -2.26. The maximum atomic E-state index is 4.54. The van der Waals surface area contributed by atoms with Crippen LogP contribution >= 0.6 is 0 Å². The third-order valence-electron chi connectivity index (χ3n) is 3.33. The van der Waals surface area contributed by atoms with E-state index in [0.717, 1.165) is 30.9 Å². The molecule has 1 N–H and O–H groups in total. The van der Waals surface area contributed by atoms with Gasteiger partial charge >= 0.3 is 0 Å². The molecule has 0 fully saturated rings. The SMILES string of the molecule is CCCNC(Cc1nccn1C)c1ncccc1C. The van der Waals surface area contributed by atoms with Crippen molar-refractivity contribution in [2.24, 2.45) is 7.05 Å². The highest BCUT2D eigenvalue weighted by Crippen LogP contribution is 2.18. The van der Waals surface area contributed by atoms with Gasteiger partial charge in [-0.1, -0.05) is 13.0 Å². The molecule has 0 spiro atoms. The average molecular weight is 258 g/mol. The quantitative estimate of drug-likeness (QED) is 0.865. The Balaban J connectivity index is 2.21. The molecule has 19 heavy (non-hydrogen) atoms. The fourth-order valence-corrected chi connectivity index (χ4v) is 2.22. The molecule has 1 unspecified atom stereocenters.